The largest absolute Gasteiger partial charge is 0.453 e. The third-order valence-electron chi connectivity index (χ3n) is 2.33. The number of ether oxygens (including phenoxy) is 1. The number of primary amides is 1. The van der Waals surface area contributed by atoms with E-state index in [9.17, 15) is 14.4 Å². The first-order valence-electron chi connectivity index (χ1n) is 6.04. The van der Waals surface area contributed by atoms with Crippen molar-refractivity contribution in [1.29, 1.82) is 0 Å². The summed E-state index contributed by atoms with van der Waals surface area (Å²) in [7, 11) is 0. The minimum atomic E-state index is -1.06. The number of fused-ring (bicyclic) bond motifs is 1. The number of rotatable bonds is 1. The molecule has 9 heteroatoms. The zero-order valence-electron chi connectivity index (χ0n) is 12.0. The molecule has 0 fully saturated rings. The average molecular weight is 310 g/mol. The van der Waals surface area contributed by atoms with Gasteiger partial charge in [-0.1, -0.05) is 11.3 Å². The summed E-state index contributed by atoms with van der Waals surface area (Å²) in [5, 5.41) is 4.40. The van der Waals surface area contributed by atoms with Gasteiger partial charge in [0.1, 0.15) is 11.1 Å². The molecule has 112 valence electrons. The van der Waals surface area contributed by atoms with Crippen LogP contribution >= 0.6 is 11.3 Å². The van der Waals surface area contributed by atoms with E-state index in [0.29, 0.717) is 5.01 Å². The van der Waals surface area contributed by atoms with Crippen LogP contribution in [0.25, 0.3) is 10.3 Å². The Morgan fingerprint density at radius 2 is 1.90 bits per heavy atom. The Balaban J connectivity index is 2.49. The fourth-order valence-electron chi connectivity index (χ4n) is 1.62. The maximum absolute atomic E-state index is 12.1. The second kappa shape index (κ2) is 4.92. The summed E-state index contributed by atoms with van der Waals surface area (Å²) in [6.07, 6.45) is 0. The van der Waals surface area contributed by atoms with E-state index in [2.05, 4.69) is 10.1 Å². The topological polar surface area (TPSA) is 117 Å². The van der Waals surface area contributed by atoms with Crippen LogP contribution in [0.4, 0.5) is 0 Å². The summed E-state index contributed by atoms with van der Waals surface area (Å²) < 4.78 is 5.81. The number of esters is 1. The summed E-state index contributed by atoms with van der Waals surface area (Å²) in [4.78, 5) is 39.7. The molecular weight excluding hydrogens is 296 g/mol. The van der Waals surface area contributed by atoms with E-state index in [4.69, 9.17) is 10.5 Å². The van der Waals surface area contributed by atoms with Crippen molar-refractivity contribution in [2.75, 3.05) is 0 Å². The molecular formula is C12H14N4O4S. The van der Waals surface area contributed by atoms with Gasteiger partial charge in [-0.2, -0.15) is 9.78 Å². The molecule has 2 heterocycles. The number of nitrogens with zero attached hydrogens (tertiary/aromatic N) is 3. The number of aromatic nitrogens is 3. The molecule has 0 bridgehead atoms. The molecule has 1 amide bonds. The molecule has 0 radical (unpaired) electrons. The number of nitrogens with two attached hydrogens (primary N) is 1. The quantitative estimate of drug-likeness (QED) is 0.617. The van der Waals surface area contributed by atoms with Crippen LogP contribution in [0.15, 0.2) is 0 Å². The highest BCUT2D eigenvalue weighted by atomic mass is 32.1. The lowest BCUT2D eigenvalue weighted by molar-refractivity contribution is -0.149. The van der Waals surface area contributed by atoms with Gasteiger partial charge < -0.3 is 10.5 Å². The highest BCUT2D eigenvalue weighted by Gasteiger charge is 2.29. The zero-order chi connectivity index (χ0) is 15.9. The summed E-state index contributed by atoms with van der Waals surface area (Å²) in [6.45, 7) is 6.63. The third kappa shape index (κ3) is 2.92. The molecule has 0 aromatic carbocycles. The monoisotopic (exact) mass is 310 g/mol. The average Bonchev–Trinajstić information content (AvgIpc) is 2.82. The maximum Gasteiger partial charge on any atom is 0.399 e. The Bertz CT molecular complexity index is 753. The predicted octanol–water partition coefficient (Wildman–Crippen LogP) is 0.882. The Hall–Kier alpha value is -2.29. The normalized spacial score (nSPS) is 11.6. The summed E-state index contributed by atoms with van der Waals surface area (Å²) in [6, 6.07) is 0. The Labute approximate surface area is 123 Å². The minimum absolute atomic E-state index is 0.147. The molecule has 0 unspecified atom stereocenters. The second-order valence-electron chi connectivity index (χ2n) is 5.32. The van der Waals surface area contributed by atoms with Crippen LogP contribution in [-0.4, -0.2) is 38.1 Å². The van der Waals surface area contributed by atoms with Gasteiger partial charge in [0.2, 0.25) is 0 Å². The molecule has 2 aromatic rings. The van der Waals surface area contributed by atoms with Gasteiger partial charge in [0, 0.05) is 0 Å². The smallest absolute Gasteiger partial charge is 0.399 e. The van der Waals surface area contributed by atoms with Crippen molar-refractivity contribution in [3.63, 3.8) is 0 Å². The highest BCUT2D eigenvalue weighted by Crippen LogP contribution is 2.24. The summed E-state index contributed by atoms with van der Waals surface area (Å²) in [5.41, 5.74) is 4.46. The van der Waals surface area contributed by atoms with E-state index in [0.717, 1.165) is 16.0 Å². The van der Waals surface area contributed by atoms with E-state index in [1.165, 1.54) is 0 Å². The van der Waals surface area contributed by atoms with Crippen molar-refractivity contribution in [3.8, 4) is 0 Å². The molecule has 8 nitrogen and oxygen atoms in total. The molecule has 21 heavy (non-hydrogen) atoms. The molecule has 0 saturated carbocycles. The molecule has 0 atom stereocenters. The molecule has 2 N–H and O–H groups in total. The van der Waals surface area contributed by atoms with Gasteiger partial charge in [-0.15, -0.1) is 0 Å². The number of thiazole rings is 1. The van der Waals surface area contributed by atoms with Crippen LogP contribution < -0.4 is 5.73 Å². The lowest BCUT2D eigenvalue weighted by atomic mass is 10.2. The van der Waals surface area contributed by atoms with Crippen LogP contribution in [0.3, 0.4) is 0 Å². The van der Waals surface area contributed by atoms with Crippen molar-refractivity contribution in [2.24, 2.45) is 5.73 Å². The van der Waals surface area contributed by atoms with Gasteiger partial charge in [-0.05, 0) is 27.7 Å². The molecule has 0 saturated heterocycles. The fraction of sp³-hybridized carbons (Fsp3) is 0.417. The minimum Gasteiger partial charge on any atom is -0.453 e. The van der Waals surface area contributed by atoms with Gasteiger partial charge in [-0.25, -0.2) is 9.78 Å². The fourth-order valence-corrected chi connectivity index (χ4v) is 2.48. The Kier molecular flexibility index (Phi) is 3.54. The van der Waals surface area contributed by atoms with E-state index in [1.54, 1.807) is 27.7 Å². The first-order valence-corrected chi connectivity index (χ1v) is 6.85. The van der Waals surface area contributed by atoms with E-state index < -0.39 is 23.4 Å². The van der Waals surface area contributed by atoms with Crippen molar-refractivity contribution >= 4 is 39.5 Å². The first kappa shape index (κ1) is 15.1. The highest BCUT2D eigenvalue weighted by molar-refractivity contribution is 7.18. The van der Waals surface area contributed by atoms with Gasteiger partial charge in [0.25, 0.3) is 5.91 Å². The number of carbonyl (C=O) groups is 3. The summed E-state index contributed by atoms with van der Waals surface area (Å²) in [5.74, 6) is -2.87. The van der Waals surface area contributed by atoms with Crippen molar-refractivity contribution in [2.45, 2.75) is 33.3 Å². The number of aryl methyl sites for hydroxylation is 1. The van der Waals surface area contributed by atoms with Crippen molar-refractivity contribution < 1.29 is 19.1 Å². The van der Waals surface area contributed by atoms with Gasteiger partial charge >= 0.3 is 11.9 Å². The first-order chi connectivity index (χ1) is 9.60. The van der Waals surface area contributed by atoms with E-state index >= 15 is 0 Å². The number of hydrogen-bond donors (Lipinski definition) is 1. The van der Waals surface area contributed by atoms with Gasteiger partial charge in [0.15, 0.2) is 10.5 Å². The van der Waals surface area contributed by atoms with Gasteiger partial charge in [-0.3, -0.25) is 9.59 Å². The van der Waals surface area contributed by atoms with Crippen molar-refractivity contribution in [1.82, 2.24) is 14.8 Å². The second-order valence-corrected chi connectivity index (χ2v) is 6.50. The van der Waals surface area contributed by atoms with Crippen LogP contribution in [0.1, 0.15) is 41.1 Å². The molecule has 0 aliphatic heterocycles. The lowest BCUT2D eigenvalue weighted by Crippen LogP contribution is -2.32. The Morgan fingerprint density at radius 1 is 1.29 bits per heavy atom. The lowest BCUT2D eigenvalue weighted by Gasteiger charge is -2.18. The predicted molar refractivity (Wildman–Crippen MR) is 75.1 cm³/mol. The van der Waals surface area contributed by atoms with Crippen LogP contribution in [0, 0.1) is 6.92 Å². The molecule has 2 rings (SSSR count). The van der Waals surface area contributed by atoms with E-state index in [1.807, 2.05) is 0 Å². The van der Waals surface area contributed by atoms with Gasteiger partial charge in [0.05, 0.1) is 5.01 Å². The maximum atomic E-state index is 12.1. The zero-order valence-corrected chi connectivity index (χ0v) is 12.8. The molecule has 2 aromatic heterocycles. The van der Waals surface area contributed by atoms with Crippen LogP contribution in [-0.2, 0) is 9.53 Å². The molecule has 0 spiro atoms. The van der Waals surface area contributed by atoms with E-state index in [-0.39, 0.29) is 16.0 Å². The standard InChI is InChI=1S/C12H14N4O4S/c1-5-14-7-6(8(13)17)15-16(10(7)21-5)9(18)11(19)20-12(2,3)4/h1-4H3,(H2,13,17). The third-order valence-corrected chi connectivity index (χ3v) is 3.28. The number of amides is 1. The molecule has 0 aliphatic carbocycles. The number of hydrogen-bond acceptors (Lipinski definition) is 7. The van der Waals surface area contributed by atoms with Crippen molar-refractivity contribution in [3.05, 3.63) is 10.7 Å². The Morgan fingerprint density at radius 3 is 2.43 bits per heavy atom. The van der Waals surface area contributed by atoms with Crippen LogP contribution in [0.2, 0.25) is 0 Å². The van der Waals surface area contributed by atoms with Crippen LogP contribution in [0.5, 0.6) is 0 Å². The SMILES string of the molecule is Cc1nc2c(C(N)=O)nn(C(=O)C(=O)OC(C)(C)C)c2s1. The number of carbonyl (C=O) groups excluding carboxylic acids is 3. The summed E-state index contributed by atoms with van der Waals surface area (Å²) >= 11 is 1.13. The molecule has 0 aliphatic rings.